The van der Waals surface area contributed by atoms with Crippen molar-refractivity contribution in [2.45, 2.75) is 11.8 Å². The number of fused-ring (bicyclic) bond motifs is 1. The summed E-state index contributed by atoms with van der Waals surface area (Å²) in [4.78, 5) is 4.43. The topological polar surface area (TPSA) is 26.0 Å². The van der Waals surface area contributed by atoms with Crippen LogP contribution in [0, 0.1) is 3.57 Å². The second kappa shape index (κ2) is 5.92. The van der Waals surface area contributed by atoms with Crippen molar-refractivity contribution < 1.29 is 4.42 Å². The molecule has 0 aliphatic heterocycles. The van der Waals surface area contributed by atoms with Gasteiger partial charge in [-0.25, -0.2) is 4.98 Å². The van der Waals surface area contributed by atoms with Gasteiger partial charge in [-0.05, 0) is 52.4 Å². The van der Waals surface area contributed by atoms with Gasteiger partial charge in [0.1, 0.15) is 5.52 Å². The first-order chi connectivity index (χ1) is 9.63. The van der Waals surface area contributed by atoms with Gasteiger partial charge >= 0.3 is 0 Å². The van der Waals surface area contributed by atoms with Gasteiger partial charge in [-0.2, -0.15) is 0 Å². The number of aromatic nitrogens is 1. The number of alkyl halides is 1. The van der Waals surface area contributed by atoms with Crippen LogP contribution < -0.4 is 0 Å². The van der Waals surface area contributed by atoms with E-state index in [9.17, 15) is 0 Å². The molecule has 0 fully saturated rings. The molecule has 1 atom stereocenters. The minimum absolute atomic E-state index is 0.211. The molecule has 0 bridgehead atoms. The standard InChI is InChI=1S/C15H10Cl2INO/c16-10(9-5-6-12(18)11(17)7-9)8-15-19-13-3-1-2-4-14(13)20-15/h1-7,10H,8H2. The molecule has 1 heterocycles. The molecule has 3 aromatic rings. The Labute approximate surface area is 140 Å². The molecule has 0 saturated heterocycles. The molecule has 1 aromatic heterocycles. The molecular formula is C15H10Cl2INO. The predicted molar refractivity (Wildman–Crippen MR) is 90.5 cm³/mol. The lowest BCUT2D eigenvalue weighted by Crippen LogP contribution is -1.96. The quantitative estimate of drug-likeness (QED) is 0.409. The second-order valence-electron chi connectivity index (χ2n) is 4.42. The molecule has 0 spiro atoms. The van der Waals surface area contributed by atoms with E-state index in [1.165, 1.54) is 0 Å². The highest BCUT2D eigenvalue weighted by Crippen LogP contribution is 2.30. The summed E-state index contributed by atoms with van der Waals surface area (Å²) in [6.45, 7) is 0. The summed E-state index contributed by atoms with van der Waals surface area (Å²) in [7, 11) is 0. The fourth-order valence-electron chi connectivity index (χ4n) is 1.99. The van der Waals surface area contributed by atoms with E-state index in [2.05, 4.69) is 27.6 Å². The Bertz CT molecular complexity index is 723. The Balaban J connectivity index is 1.84. The highest BCUT2D eigenvalue weighted by Gasteiger charge is 2.14. The van der Waals surface area contributed by atoms with Gasteiger partial charge in [-0.15, -0.1) is 11.6 Å². The lowest BCUT2D eigenvalue weighted by atomic mass is 10.1. The number of rotatable bonds is 3. The molecule has 0 aliphatic rings. The van der Waals surface area contributed by atoms with Crippen LogP contribution in [0.3, 0.4) is 0 Å². The number of benzene rings is 2. The fourth-order valence-corrected chi connectivity index (χ4v) is 2.78. The van der Waals surface area contributed by atoms with E-state index < -0.39 is 0 Å². The first-order valence-corrected chi connectivity index (χ1v) is 7.96. The van der Waals surface area contributed by atoms with Crippen molar-refractivity contribution in [3.8, 4) is 0 Å². The van der Waals surface area contributed by atoms with Crippen molar-refractivity contribution in [2.24, 2.45) is 0 Å². The van der Waals surface area contributed by atoms with Crippen LogP contribution in [0.5, 0.6) is 0 Å². The van der Waals surface area contributed by atoms with Crippen LogP contribution in [0.4, 0.5) is 0 Å². The normalized spacial score (nSPS) is 12.8. The van der Waals surface area contributed by atoms with Gasteiger partial charge in [0.25, 0.3) is 0 Å². The molecular weight excluding hydrogens is 408 g/mol. The Morgan fingerprint density at radius 2 is 2.00 bits per heavy atom. The smallest absolute Gasteiger partial charge is 0.197 e. The third-order valence-electron chi connectivity index (χ3n) is 3.00. The van der Waals surface area contributed by atoms with Crippen molar-refractivity contribution in [1.82, 2.24) is 4.98 Å². The SMILES string of the molecule is Clc1cc(C(Cl)Cc2nc3ccccc3o2)ccc1I. The number of hydrogen-bond acceptors (Lipinski definition) is 2. The van der Waals surface area contributed by atoms with Gasteiger partial charge in [0, 0.05) is 9.99 Å². The van der Waals surface area contributed by atoms with Crippen LogP contribution in [-0.2, 0) is 6.42 Å². The van der Waals surface area contributed by atoms with Crippen molar-refractivity contribution in [3.63, 3.8) is 0 Å². The number of para-hydroxylation sites is 2. The van der Waals surface area contributed by atoms with E-state index >= 15 is 0 Å². The minimum atomic E-state index is -0.211. The number of hydrogen-bond donors (Lipinski definition) is 0. The monoisotopic (exact) mass is 417 g/mol. The highest BCUT2D eigenvalue weighted by molar-refractivity contribution is 14.1. The lowest BCUT2D eigenvalue weighted by Gasteiger charge is -2.08. The zero-order chi connectivity index (χ0) is 14.1. The van der Waals surface area contributed by atoms with E-state index in [-0.39, 0.29) is 5.38 Å². The summed E-state index contributed by atoms with van der Waals surface area (Å²) in [5, 5.41) is 0.504. The Morgan fingerprint density at radius 3 is 2.75 bits per heavy atom. The van der Waals surface area contributed by atoms with Gasteiger partial charge in [0.05, 0.1) is 10.4 Å². The maximum atomic E-state index is 6.43. The average Bonchev–Trinajstić information content (AvgIpc) is 2.83. The summed E-state index contributed by atoms with van der Waals surface area (Å²) in [6, 6.07) is 13.5. The Morgan fingerprint density at radius 1 is 1.20 bits per heavy atom. The molecule has 0 saturated carbocycles. The minimum Gasteiger partial charge on any atom is -0.441 e. The number of halogens is 3. The zero-order valence-electron chi connectivity index (χ0n) is 10.3. The van der Waals surface area contributed by atoms with Crippen molar-refractivity contribution in [3.05, 3.63) is 62.5 Å². The van der Waals surface area contributed by atoms with Crippen LogP contribution in [0.15, 0.2) is 46.9 Å². The molecule has 0 N–H and O–H groups in total. The van der Waals surface area contributed by atoms with Gasteiger partial charge in [0.2, 0.25) is 0 Å². The average molecular weight is 418 g/mol. The summed E-state index contributed by atoms with van der Waals surface area (Å²) >= 11 is 14.7. The molecule has 2 nitrogen and oxygen atoms in total. The molecule has 2 aromatic carbocycles. The predicted octanol–water partition coefficient (Wildman–Crippen LogP) is 5.61. The first kappa shape index (κ1) is 14.2. The van der Waals surface area contributed by atoms with Crippen molar-refractivity contribution in [2.75, 3.05) is 0 Å². The number of oxazole rings is 1. The van der Waals surface area contributed by atoms with E-state index in [1.807, 2.05) is 42.5 Å². The molecule has 0 aliphatic carbocycles. The third kappa shape index (κ3) is 2.95. The van der Waals surface area contributed by atoms with E-state index in [1.54, 1.807) is 0 Å². The zero-order valence-corrected chi connectivity index (χ0v) is 14.0. The van der Waals surface area contributed by atoms with Crippen LogP contribution in [-0.4, -0.2) is 4.98 Å². The third-order valence-corrected chi connectivity index (χ3v) is 4.98. The van der Waals surface area contributed by atoms with Gasteiger partial charge in [-0.3, -0.25) is 0 Å². The number of nitrogens with zero attached hydrogens (tertiary/aromatic N) is 1. The Hall–Kier alpha value is -0.780. The molecule has 3 rings (SSSR count). The van der Waals surface area contributed by atoms with Crippen LogP contribution >= 0.6 is 45.8 Å². The Kier molecular flexibility index (Phi) is 4.19. The van der Waals surface area contributed by atoms with E-state index in [0.717, 1.165) is 20.2 Å². The lowest BCUT2D eigenvalue weighted by molar-refractivity contribution is 0.525. The molecule has 0 amide bonds. The maximum absolute atomic E-state index is 6.43. The molecule has 102 valence electrons. The van der Waals surface area contributed by atoms with Crippen LogP contribution in [0.2, 0.25) is 5.02 Å². The first-order valence-electron chi connectivity index (χ1n) is 6.07. The fraction of sp³-hybridized carbons (Fsp3) is 0.133. The molecule has 1 unspecified atom stereocenters. The summed E-state index contributed by atoms with van der Waals surface area (Å²) < 4.78 is 6.70. The van der Waals surface area contributed by atoms with Gasteiger partial charge in [-0.1, -0.05) is 29.8 Å². The molecule has 0 radical (unpaired) electrons. The van der Waals surface area contributed by atoms with Gasteiger partial charge < -0.3 is 4.42 Å². The van der Waals surface area contributed by atoms with Crippen molar-refractivity contribution in [1.29, 1.82) is 0 Å². The second-order valence-corrected chi connectivity index (χ2v) is 6.52. The molecule has 5 heteroatoms. The summed E-state index contributed by atoms with van der Waals surface area (Å²) in [6.07, 6.45) is 0.535. The molecule has 20 heavy (non-hydrogen) atoms. The van der Waals surface area contributed by atoms with E-state index in [0.29, 0.717) is 17.3 Å². The largest absolute Gasteiger partial charge is 0.441 e. The van der Waals surface area contributed by atoms with Gasteiger partial charge in [0.15, 0.2) is 11.5 Å². The summed E-state index contributed by atoms with van der Waals surface area (Å²) in [5.74, 6) is 0.640. The van der Waals surface area contributed by atoms with Crippen LogP contribution in [0.1, 0.15) is 16.8 Å². The van der Waals surface area contributed by atoms with E-state index in [4.69, 9.17) is 27.6 Å². The highest BCUT2D eigenvalue weighted by atomic mass is 127. The summed E-state index contributed by atoms with van der Waals surface area (Å²) in [5.41, 5.74) is 2.61. The van der Waals surface area contributed by atoms with Crippen molar-refractivity contribution >= 4 is 56.9 Å². The van der Waals surface area contributed by atoms with Crippen LogP contribution in [0.25, 0.3) is 11.1 Å². The maximum Gasteiger partial charge on any atom is 0.197 e.